The van der Waals surface area contributed by atoms with Crippen molar-refractivity contribution in [3.05, 3.63) is 47.5 Å². The van der Waals surface area contributed by atoms with Crippen LogP contribution in [0.3, 0.4) is 0 Å². The Balaban J connectivity index is 1.59. The monoisotopic (exact) mass is 445 g/mol. The highest BCUT2D eigenvalue weighted by atomic mass is 32.1. The van der Waals surface area contributed by atoms with Crippen LogP contribution in [-0.4, -0.2) is 63.6 Å². The number of rotatable bonds is 7. The second-order valence-corrected chi connectivity index (χ2v) is 7.32. The predicted molar refractivity (Wildman–Crippen MR) is 122 cm³/mol. The zero-order valence-electron chi connectivity index (χ0n) is 17.9. The van der Waals surface area contributed by atoms with E-state index < -0.39 is 0 Å². The third-order valence-electron chi connectivity index (χ3n) is 4.88. The van der Waals surface area contributed by atoms with Gasteiger partial charge in [-0.1, -0.05) is 12.1 Å². The van der Waals surface area contributed by atoms with Gasteiger partial charge in [-0.3, -0.25) is 15.0 Å². The molecule has 3 rings (SSSR count). The number of methoxy groups -OCH3 is 3. The van der Waals surface area contributed by atoms with Gasteiger partial charge in [0.2, 0.25) is 5.75 Å². The molecule has 2 aromatic carbocycles. The van der Waals surface area contributed by atoms with Crippen LogP contribution in [0.2, 0.25) is 0 Å². The summed E-state index contributed by atoms with van der Waals surface area (Å²) in [6, 6.07) is 11.1. The van der Waals surface area contributed by atoms with E-state index in [-0.39, 0.29) is 11.0 Å². The maximum Gasteiger partial charge on any atom is 0.257 e. The summed E-state index contributed by atoms with van der Waals surface area (Å²) < 4.78 is 21.2. The van der Waals surface area contributed by atoms with Gasteiger partial charge in [0.15, 0.2) is 16.6 Å². The fourth-order valence-electron chi connectivity index (χ4n) is 3.26. The summed E-state index contributed by atoms with van der Waals surface area (Å²) in [4.78, 5) is 15.0. The first-order valence-electron chi connectivity index (χ1n) is 9.85. The Morgan fingerprint density at radius 2 is 1.65 bits per heavy atom. The van der Waals surface area contributed by atoms with Crippen molar-refractivity contribution in [1.82, 2.24) is 10.2 Å². The van der Waals surface area contributed by atoms with Crippen LogP contribution in [-0.2, 0) is 11.3 Å². The lowest BCUT2D eigenvalue weighted by Crippen LogP contribution is -2.35. The summed E-state index contributed by atoms with van der Waals surface area (Å²) in [5.41, 5.74) is 2.33. The summed E-state index contributed by atoms with van der Waals surface area (Å²) in [7, 11) is 4.49. The highest BCUT2D eigenvalue weighted by Gasteiger charge is 2.18. The number of carbonyl (C=O) groups is 1. The maximum absolute atomic E-state index is 12.7. The van der Waals surface area contributed by atoms with Gasteiger partial charge in [-0.15, -0.1) is 0 Å². The summed E-state index contributed by atoms with van der Waals surface area (Å²) >= 11 is 5.29. The Hall–Kier alpha value is -2.88. The van der Waals surface area contributed by atoms with E-state index in [1.165, 1.54) is 26.9 Å². The number of nitrogens with zero attached hydrogens (tertiary/aromatic N) is 1. The van der Waals surface area contributed by atoms with Gasteiger partial charge in [-0.25, -0.2) is 0 Å². The van der Waals surface area contributed by atoms with Crippen LogP contribution in [0.1, 0.15) is 15.9 Å². The molecule has 31 heavy (non-hydrogen) atoms. The SMILES string of the molecule is COc1cc(C(=O)NC(=S)Nc2ccc(CN3CCOCC3)cc2)cc(OC)c1OC. The van der Waals surface area contributed by atoms with Gasteiger partial charge < -0.3 is 24.3 Å². The van der Waals surface area contributed by atoms with Crippen LogP contribution in [0.15, 0.2) is 36.4 Å². The van der Waals surface area contributed by atoms with Crippen molar-refractivity contribution in [2.24, 2.45) is 0 Å². The molecule has 1 aliphatic heterocycles. The number of ether oxygens (including phenoxy) is 4. The molecule has 2 N–H and O–H groups in total. The molecule has 0 aromatic heterocycles. The standard InChI is InChI=1S/C22H27N3O5S/c1-27-18-12-16(13-19(28-2)20(18)29-3)21(26)24-22(31)23-17-6-4-15(5-7-17)14-25-8-10-30-11-9-25/h4-7,12-13H,8-11,14H2,1-3H3,(H2,23,24,26,31). The number of benzene rings is 2. The van der Waals surface area contributed by atoms with E-state index in [1.807, 2.05) is 24.3 Å². The molecule has 0 atom stereocenters. The Bertz CT molecular complexity index is 889. The number of morpholine rings is 1. The largest absolute Gasteiger partial charge is 0.493 e. The zero-order valence-corrected chi connectivity index (χ0v) is 18.7. The van der Waals surface area contributed by atoms with Gasteiger partial charge in [0, 0.05) is 30.9 Å². The predicted octanol–water partition coefficient (Wildman–Crippen LogP) is 2.67. The molecule has 0 saturated carbocycles. The van der Waals surface area contributed by atoms with Crippen molar-refractivity contribution < 1.29 is 23.7 Å². The van der Waals surface area contributed by atoms with Gasteiger partial charge in [0.1, 0.15) is 0 Å². The highest BCUT2D eigenvalue weighted by molar-refractivity contribution is 7.80. The number of hydrogen-bond acceptors (Lipinski definition) is 7. The van der Waals surface area contributed by atoms with Gasteiger partial charge in [-0.05, 0) is 42.0 Å². The molecule has 1 heterocycles. The average Bonchev–Trinajstić information content (AvgIpc) is 2.79. The van der Waals surface area contributed by atoms with E-state index >= 15 is 0 Å². The van der Waals surface area contributed by atoms with E-state index in [0.29, 0.717) is 22.8 Å². The van der Waals surface area contributed by atoms with E-state index in [4.69, 9.17) is 31.2 Å². The molecule has 0 spiro atoms. The van der Waals surface area contributed by atoms with Crippen LogP contribution < -0.4 is 24.8 Å². The van der Waals surface area contributed by atoms with E-state index in [9.17, 15) is 4.79 Å². The fourth-order valence-corrected chi connectivity index (χ4v) is 3.47. The minimum atomic E-state index is -0.388. The smallest absolute Gasteiger partial charge is 0.257 e. The number of carbonyl (C=O) groups excluding carboxylic acids is 1. The second-order valence-electron chi connectivity index (χ2n) is 6.91. The molecule has 0 aliphatic carbocycles. The molecule has 8 nitrogen and oxygen atoms in total. The first kappa shape index (κ1) is 22.8. The van der Waals surface area contributed by atoms with Crippen molar-refractivity contribution in [3.8, 4) is 17.2 Å². The first-order chi connectivity index (χ1) is 15.0. The number of anilines is 1. The molecule has 166 valence electrons. The third-order valence-corrected chi connectivity index (χ3v) is 5.08. The van der Waals surface area contributed by atoms with Gasteiger partial charge >= 0.3 is 0 Å². The number of thiocarbonyl (C=S) groups is 1. The Kier molecular flexibility index (Phi) is 8.05. The minimum absolute atomic E-state index is 0.194. The van der Waals surface area contributed by atoms with Crippen LogP contribution in [0.4, 0.5) is 5.69 Å². The lowest BCUT2D eigenvalue weighted by molar-refractivity contribution is 0.0342. The topological polar surface area (TPSA) is 81.3 Å². The summed E-state index contributed by atoms with van der Waals surface area (Å²) in [5, 5.41) is 5.90. The van der Waals surface area contributed by atoms with E-state index in [2.05, 4.69) is 15.5 Å². The Labute approximate surface area is 187 Å². The lowest BCUT2D eigenvalue weighted by atomic mass is 10.1. The molecule has 1 saturated heterocycles. The Morgan fingerprint density at radius 3 is 2.19 bits per heavy atom. The van der Waals surface area contributed by atoms with Crippen molar-refractivity contribution in [2.45, 2.75) is 6.54 Å². The summed E-state index contributed by atoms with van der Waals surface area (Å²) in [5.74, 6) is 0.809. The lowest BCUT2D eigenvalue weighted by Gasteiger charge is -2.26. The first-order valence-corrected chi connectivity index (χ1v) is 10.3. The molecule has 0 unspecified atom stereocenters. The van der Waals surface area contributed by atoms with Crippen LogP contribution >= 0.6 is 12.2 Å². The minimum Gasteiger partial charge on any atom is -0.493 e. The third kappa shape index (κ3) is 6.06. The maximum atomic E-state index is 12.7. The van der Waals surface area contributed by atoms with Crippen LogP contribution in [0.5, 0.6) is 17.2 Å². The molecule has 1 amide bonds. The molecular formula is C22H27N3O5S. The second kappa shape index (κ2) is 10.9. The molecular weight excluding hydrogens is 418 g/mol. The highest BCUT2D eigenvalue weighted by Crippen LogP contribution is 2.38. The van der Waals surface area contributed by atoms with Crippen molar-refractivity contribution >= 4 is 28.9 Å². The van der Waals surface area contributed by atoms with E-state index in [0.717, 1.165) is 38.5 Å². The molecule has 1 aliphatic rings. The normalized spacial score (nSPS) is 13.9. The van der Waals surface area contributed by atoms with Crippen molar-refractivity contribution in [3.63, 3.8) is 0 Å². The van der Waals surface area contributed by atoms with Crippen LogP contribution in [0, 0.1) is 0 Å². The zero-order chi connectivity index (χ0) is 22.2. The molecule has 1 fully saturated rings. The fraction of sp³-hybridized carbons (Fsp3) is 0.364. The molecule has 0 bridgehead atoms. The Morgan fingerprint density at radius 1 is 1.03 bits per heavy atom. The van der Waals surface area contributed by atoms with Gasteiger partial charge in [0.05, 0.1) is 34.5 Å². The van der Waals surface area contributed by atoms with Gasteiger partial charge in [-0.2, -0.15) is 0 Å². The number of amides is 1. The molecule has 9 heteroatoms. The molecule has 2 aromatic rings. The number of hydrogen-bond donors (Lipinski definition) is 2. The summed E-state index contributed by atoms with van der Waals surface area (Å²) in [6.07, 6.45) is 0. The average molecular weight is 446 g/mol. The molecule has 0 radical (unpaired) electrons. The summed E-state index contributed by atoms with van der Waals surface area (Å²) in [6.45, 7) is 4.32. The number of nitrogens with one attached hydrogen (secondary N) is 2. The quantitative estimate of drug-likeness (QED) is 0.630. The van der Waals surface area contributed by atoms with Crippen molar-refractivity contribution in [1.29, 1.82) is 0 Å². The van der Waals surface area contributed by atoms with Crippen molar-refractivity contribution in [2.75, 3.05) is 52.9 Å². The van der Waals surface area contributed by atoms with Crippen LogP contribution in [0.25, 0.3) is 0 Å². The van der Waals surface area contributed by atoms with E-state index in [1.54, 1.807) is 12.1 Å². The van der Waals surface area contributed by atoms with Gasteiger partial charge in [0.25, 0.3) is 5.91 Å².